The van der Waals surface area contributed by atoms with Crippen LogP contribution in [0.25, 0.3) is 0 Å². The van der Waals surface area contributed by atoms with Crippen molar-refractivity contribution in [2.24, 2.45) is 5.73 Å². The maximum Gasteiger partial charge on any atom is 0.119 e. The van der Waals surface area contributed by atoms with Gasteiger partial charge < -0.3 is 15.4 Å². The summed E-state index contributed by atoms with van der Waals surface area (Å²) in [6, 6.07) is 19.2. The lowest BCUT2D eigenvalue weighted by Gasteiger charge is -2.38. The molecule has 22 heavy (non-hydrogen) atoms. The topological polar surface area (TPSA) is 38.5 Å². The Hall–Kier alpha value is -2.00. The van der Waals surface area contributed by atoms with E-state index in [0.717, 1.165) is 25.3 Å². The number of nitrogens with two attached hydrogens (primary N) is 1. The van der Waals surface area contributed by atoms with Crippen LogP contribution in [0, 0.1) is 0 Å². The second kappa shape index (κ2) is 6.84. The third-order valence-corrected chi connectivity index (χ3v) is 4.27. The summed E-state index contributed by atoms with van der Waals surface area (Å²) in [6.45, 7) is 4.63. The highest BCUT2D eigenvalue weighted by Crippen LogP contribution is 2.30. The van der Waals surface area contributed by atoms with E-state index in [1.807, 2.05) is 19.1 Å². The van der Waals surface area contributed by atoms with Crippen LogP contribution in [0.3, 0.4) is 0 Å². The molecule has 2 N–H and O–H groups in total. The van der Waals surface area contributed by atoms with Gasteiger partial charge in [0.05, 0.1) is 6.61 Å². The van der Waals surface area contributed by atoms with Crippen LogP contribution in [0.1, 0.15) is 24.8 Å². The van der Waals surface area contributed by atoms with E-state index in [4.69, 9.17) is 10.5 Å². The third kappa shape index (κ3) is 3.42. The average Bonchev–Trinajstić information content (AvgIpc) is 2.56. The molecule has 0 aromatic heterocycles. The molecule has 0 amide bonds. The lowest BCUT2D eigenvalue weighted by molar-refractivity contribution is 0.340. The van der Waals surface area contributed by atoms with Crippen LogP contribution in [0.4, 0.5) is 5.69 Å². The van der Waals surface area contributed by atoms with E-state index in [0.29, 0.717) is 12.5 Å². The maximum atomic E-state index is 6.30. The molecule has 3 heteroatoms. The molecule has 2 unspecified atom stereocenters. The SMILES string of the molecule is CCOc1ccc(N2CC(N)CC(c3ccccc3)C2)cc1. The highest BCUT2D eigenvalue weighted by molar-refractivity contribution is 5.50. The van der Waals surface area contributed by atoms with E-state index in [1.54, 1.807) is 0 Å². The highest BCUT2D eigenvalue weighted by Gasteiger charge is 2.26. The molecule has 0 bridgehead atoms. The van der Waals surface area contributed by atoms with E-state index in [9.17, 15) is 0 Å². The van der Waals surface area contributed by atoms with Crippen molar-refractivity contribution >= 4 is 5.69 Å². The smallest absolute Gasteiger partial charge is 0.119 e. The molecule has 2 atom stereocenters. The van der Waals surface area contributed by atoms with Gasteiger partial charge in [-0.3, -0.25) is 0 Å². The van der Waals surface area contributed by atoms with Gasteiger partial charge in [-0.25, -0.2) is 0 Å². The monoisotopic (exact) mass is 296 g/mol. The van der Waals surface area contributed by atoms with Crippen LogP contribution in [-0.2, 0) is 0 Å². The Morgan fingerprint density at radius 2 is 1.77 bits per heavy atom. The fourth-order valence-electron chi connectivity index (χ4n) is 3.24. The van der Waals surface area contributed by atoms with Crippen molar-refractivity contribution < 1.29 is 4.74 Å². The number of nitrogens with zero attached hydrogens (tertiary/aromatic N) is 1. The van der Waals surface area contributed by atoms with Crippen molar-refractivity contribution in [3.8, 4) is 5.75 Å². The first-order valence-electron chi connectivity index (χ1n) is 8.04. The van der Waals surface area contributed by atoms with Crippen molar-refractivity contribution in [2.45, 2.75) is 25.3 Å². The third-order valence-electron chi connectivity index (χ3n) is 4.27. The Morgan fingerprint density at radius 1 is 1.05 bits per heavy atom. The molecule has 0 spiro atoms. The van der Waals surface area contributed by atoms with Gasteiger partial charge in [0.15, 0.2) is 0 Å². The number of rotatable bonds is 4. The molecule has 2 aromatic carbocycles. The van der Waals surface area contributed by atoms with Crippen molar-refractivity contribution in [1.82, 2.24) is 0 Å². The molecule has 1 fully saturated rings. The van der Waals surface area contributed by atoms with Gasteiger partial charge in [-0.2, -0.15) is 0 Å². The molecular weight excluding hydrogens is 272 g/mol. The molecule has 1 aliphatic rings. The molecule has 0 radical (unpaired) electrons. The van der Waals surface area contributed by atoms with Gasteiger partial charge in [-0.1, -0.05) is 30.3 Å². The lowest BCUT2D eigenvalue weighted by atomic mass is 9.88. The van der Waals surface area contributed by atoms with Gasteiger partial charge >= 0.3 is 0 Å². The number of ether oxygens (including phenoxy) is 1. The number of hydrogen-bond donors (Lipinski definition) is 1. The van der Waals surface area contributed by atoms with E-state index in [1.165, 1.54) is 11.3 Å². The summed E-state index contributed by atoms with van der Waals surface area (Å²) < 4.78 is 5.52. The summed E-state index contributed by atoms with van der Waals surface area (Å²) in [5.74, 6) is 1.42. The zero-order valence-electron chi connectivity index (χ0n) is 13.1. The van der Waals surface area contributed by atoms with Crippen molar-refractivity contribution in [3.05, 3.63) is 60.2 Å². The minimum absolute atomic E-state index is 0.213. The molecule has 0 aliphatic carbocycles. The molecule has 1 saturated heterocycles. The van der Waals surface area contributed by atoms with Crippen LogP contribution in [0.2, 0.25) is 0 Å². The van der Waals surface area contributed by atoms with Gasteiger partial charge in [0.2, 0.25) is 0 Å². The van der Waals surface area contributed by atoms with Crippen molar-refractivity contribution in [1.29, 1.82) is 0 Å². The van der Waals surface area contributed by atoms with E-state index in [2.05, 4.69) is 47.4 Å². The number of anilines is 1. The molecule has 1 heterocycles. The zero-order chi connectivity index (χ0) is 15.4. The zero-order valence-corrected chi connectivity index (χ0v) is 13.1. The summed E-state index contributed by atoms with van der Waals surface area (Å²) in [5, 5.41) is 0. The molecule has 2 aromatic rings. The first-order valence-corrected chi connectivity index (χ1v) is 8.04. The summed E-state index contributed by atoms with van der Waals surface area (Å²) >= 11 is 0. The van der Waals surface area contributed by atoms with Crippen LogP contribution >= 0.6 is 0 Å². The molecule has 0 saturated carbocycles. The molecule has 1 aliphatic heterocycles. The fraction of sp³-hybridized carbons (Fsp3) is 0.368. The standard InChI is InChI=1S/C19H24N2O/c1-2-22-19-10-8-18(9-11-19)21-13-16(12-17(20)14-21)15-6-4-3-5-7-15/h3-11,16-17H,2,12-14,20H2,1H3. The average molecular weight is 296 g/mol. The van der Waals surface area contributed by atoms with Crippen molar-refractivity contribution in [2.75, 3.05) is 24.6 Å². The largest absolute Gasteiger partial charge is 0.494 e. The van der Waals surface area contributed by atoms with E-state index < -0.39 is 0 Å². The Bertz CT molecular complexity index is 582. The first kappa shape index (κ1) is 14.9. The van der Waals surface area contributed by atoms with E-state index >= 15 is 0 Å². The van der Waals surface area contributed by atoms with Gasteiger partial charge in [0, 0.05) is 30.7 Å². The lowest BCUT2D eigenvalue weighted by Crippen LogP contribution is -2.46. The number of piperidine rings is 1. The van der Waals surface area contributed by atoms with Crippen LogP contribution in [0.15, 0.2) is 54.6 Å². The first-order chi connectivity index (χ1) is 10.8. The number of hydrogen-bond acceptors (Lipinski definition) is 3. The molecule has 116 valence electrons. The maximum absolute atomic E-state index is 6.30. The summed E-state index contributed by atoms with van der Waals surface area (Å²) in [6.07, 6.45) is 1.05. The predicted molar refractivity (Wildman–Crippen MR) is 91.6 cm³/mol. The minimum atomic E-state index is 0.213. The predicted octanol–water partition coefficient (Wildman–Crippen LogP) is 3.41. The van der Waals surface area contributed by atoms with Crippen molar-refractivity contribution in [3.63, 3.8) is 0 Å². The summed E-state index contributed by atoms with van der Waals surface area (Å²) in [7, 11) is 0. The molecular formula is C19H24N2O. The van der Waals surface area contributed by atoms with E-state index in [-0.39, 0.29) is 6.04 Å². The van der Waals surface area contributed by atoms with Gasteiger partial charge in [-0.15, -0.1) is 0 Å². The summed E-state index contributed by atoms with van der Waals surface area (Å²) in [5.41, 5.74) is 8.91. The fourth-order valence-corrected chi connectivity index (χ4v) is 3.24. The number of benzene rings is 2. The van der Waals surface area contributed by atoms with Gasteiger partial charge in [0.25, 0.3) is 0 Å². The Kier molecular flexibility index (Phi) is 4.64. The Labute approximate surface area is 132 Å². The molecule has 3 nitrogen and oxygen atoms in total. The van der Waals surface area contributed by atoms with Gasteiger partial charge in [-0.05, 0) is 43.2 Å². The quantitative estimate of drug-likeness (QED) is 0.939. The normalized spacial score (nSPS) is 21.6. The minimum Gasteiger partial charge on any atom is -0.494 e. The van der Waals surface area contributed by atoms with Gasteiger partial charge in [0.1, 0.15) is 5.75 Å². The highest BCUT2D eigenvalue weighted by atomic mass is 16.5. The molecule has 3 rings (SSSR count). The van der Waals surface area contributed by atoms with Crippen LogP contribution in [-0.4, -0.2) is 25.7 Å². The summed E-state index contributed by atoms with van der Waals surface area (Å²) in [4.78, 5) is 2.39. The Balaban J connectivity index is 1.75. The van der Waals surface area contributed by atoms with Crippen LogP contribution < -0.4 is 15.4 Å². The Morgan fingerprint density at radius 3 is 2.45 bits per heavy atom. The second-order valence-electron chi connectivity index (χ2n) is 5.94. The van der Waals surface area contributed by atoms with Crippen LogP contribution in [0.5, 0.6) is 5.75 Å². The second-order valence-corrected chi connectivity index (χ2v) is 5.94.